The zero-order chi connectivity index (χ0) is 13.5. The number of nitrogens with zero attached hydrogens (tertiary/aromatic N) is 1. The van der Waals surface area contributed by atoms with Gasteiger partial charge in [-0.15, -0.1) is 11.3 Å². The van der Waals surface area contributed by atoms with Crippen molar-refractivity contribution < 1.29 is 9.90 Å². The summed E-state index contributed by atoms with van der Waals surface area (Å²) in [4.78, 5) is 16.0. The Bertz CT molecular complexity index is 634. The van der Waals surface area contributed by atoms with E-state index < -0.39 is 11.4 Å². The van der Waals surface area contributed by atoms with Crippen LogP contribution in [0, 0.1) is 0 Å². The minimum Gasteiger partial charge on any atom is -0.481 e. The molecule has 0 amide bonds. The first-order valence-electron chi connectivity index (χ1n) is 6.08. The number of carbonyl (C=O) groups is 1. The van der Waals surface area contributed by atoms with Gasteiger partial charge in [0.15, 0.2) is 0 Å². The van der Waals surface area contributed by atoms with E-state index in [1.54, 1.807) is 0 Å². The van der Waals surface area contributed by atoms with Crippen LogP contribution in [0.15, 0.2) is 34.1 Å². The molecule has 2 aromatic rings. The molecular formula is C14H12BrNO2S. The summed E-state index contributed by atoms with van der Waals surface area (Å²) >= 11 is 4.95. The Hall–Kier alpha value is -1.20. The quantitative estimate of drug-likeness (QED) is 0.917. The Morgan fingerprint density at radius 2 is 2.11 bits per heavy atom. The first-order chi connectivity index (χ1) is 9.13. The Balaban J connectivity index is 2.01. The summed E-state index contributed by atoms with van der Waals surface area (Å²) in [6, 6.07) is 7.85. The van der Waals surface area contributed by atoms with E-state index in [0.29, 0.717) is 12.8 Å². The van der Waals surface area contributed by atoms with Crippen molar-refractivity contribution in [2.75, 3.05) is 0 Å². The zero-order valence-electron chi connectivity index (χ0n) is 10.1. The molecule has 1 saturated carbocycles. The number of carboxylic acids is 1. The molecule has 98 valence electrons. The SMILES string of the molecule is O=C(O)C1(c2nc(-c3ccccc3Br)cs2)CCC1. The van der Waals surface area contributed by atoms with Gasteiger partial charge in [0.2, 0.25) is 0 Å². The van der Waals surface area contributed by atoms with E-state index in [9.17, 15) is 9.90 Å². The topological polar surface area (TPSA) is 50.2 Å². The van der Waals surface area contributed by atoms with E-state index in [-0.39, 0.29) is 0 Å². The molecule has 3 rings (SSSR count). The third-order valence-corrected chi connectivity index (χ3v) is 5.42. The molecule has 0 bridgehead atoms. The number of halogens is 1. The molecule has 1 aromatic heterocycles. The highest BCUT2D eigenvalue weighted by Crippen LogP contribution is 2.46. The average Bonchev–Trinajstić information content (AvgIpc) is 2.77. The van der Waals surface area contributed by atoms with Crippen LogP contribution in [0.2, 0.25) is 0 Å². The van der Waals surface area contributed by atoms with Crippen molar-refractivity contribution in [2.24, 2.45) is 0 Å². The third kappa shape index (κ3) is 2.01. The first kappa shape index (κ1) is 12.8. The maximum absolute atomic E-state index is 11.5. The van der Waals surface area contributed by atoms with Gasteiger partial charge < -0.3 is 5.11 Å². The average molecular weight is 338 g/mol. The molecule has 0 radical (unpaired) electrons. The van der Waals surface area contributed by atoms with Crippen LogP contribution in [-0.4, -0.2) is 16.1 Å². The maximum Gasteiger partial charge on any atom is 0.316 e. The molecule has 1 aliphatic rings. The highest BCUT2D eigenvalue weighted by Gasteiger charge is 2.48. The second kappa shape index (κ2) is 4.72. The second-order valence-corrected chi connectivity index (χ2v) is 6.47. The molecule has 1 aromatic carbocycles. The van der Waals surface area contributed by atoms with E-state index in [4.69, 9.17) is 0 Å². The van der Waals surface area contributed by atoms with E-state index in [2.05, 4.69) is 20.9 Å². The predicted molar refractivity (Wildman–Crippen MR) is 78.4 cm³/mol. The van der Waals surface area contributed by atoms with Crippen molar-refractivity contribution >= 4 is 33.2 Å². The third-order valence-electron chi connectivity index (χ3n) is 3.68. The van der Waals surface area contributed by atoms with Crippen LogP contribution in [0.4, 0.5) is 0 Å². The van der Waals surface area contributed by atoms with Crippen molar-refractivity contribution in [3.63, 3.8) is 0 Å². The van der Waals surface area contributed by atoms with Gasteiger partial charge in [0.05, 0.1) is 5.69 Å². The molecule has 1 fully saturated rings. The standard InChI is InChI=1S/C14H12BrNO2S/c15-10-5-2-1-4-9(10)11-8-19-12(16-11)14(13(17)18)6-3-7-14/h1-2,4-5,8H,3,6-7H2,(H,17,18). The first-order valence-corrected chi connectivity index (χ1v) is 7.75. The van der Waals surface area contributed by atoms with Gasteiger partial charge in [-0.05, 0) is 18.9 Å². The van der Waals surface area contributed by atoms with Gasteiger partial charge in [-0.2, -0.15) is 0 Å². The fourth-order valence-corrected chi connectivity index (χ4v) is 3.89. The van der Waals surface area contributed by atoms with Gasteiger partial charge in [0.1, 0.15) is 10.4 Å². The van der Waals surface area contributed by atoms with Crippen molar-refractivity contribution in [1.29, 1.82) is 0 Å². The molecular weight excluding hydrogens is 326 g/mol. The molecule has 0 unspecified atom stereocenters. The molecule has 0 atom stereocenters. The molecule has 1 aliphatic carbocycles. The summed E-state index contributed by atoms with van der Waals surface area (Å²) in [5.74, 6) is -0.744. The molecule has 1 heterocycles. The minimum atomic E-state index is -0.744. The number of rotatable bonds is 3. The summed E-state index contributed by atoms with van der Waals surface area (Å²) in [6.07, 6.45) is 2.37. The van der Waals surface area contributed by atoms with Crippen LogP contribution in [0.3, 0.4) is 0 Å². The van der Waals surface area contributed by atoms with Crippen molar-refractivity contribution in [3.8, 4) is 11.3 Å². The van der Waals surface area contributed by atoms with E-state index in [1.807, 2.05) is 29.6 Å². The molecule has 19 heavy (non-hydrogen) atoms. The number of aliphatic carboxylic acids is 1. The monoisotopic (exact) mass is 337 g/mol. The summed E-state index contributed by atoms with van der Waals surface area (Å²) in [5, 5.41) is 12.1. The number of aromatic nitrogens is 1. The number of hydrogen-bond acceptors (Lipinski definition) is 3. The lowest BCUT2D eigenvalue weighted by Gasteiger charge is -2.35. The van der Waals surface area contributed by atoms with Gasteiger partial charge in [0.25, 0.3) is 0 Å². The predicted octanol–water partition coefficient (Wildman–Crippen LogP) is 4.08. The Labute approximate surface area is 123 Å². The normalized spacial score (nSPS) is 16.9. The van der Waals surface area contributed by atoms with Gasteiger partial charge >= 0.3 is 5.97 Å². The van der Waals surface area contributed by atoms with Crippen LogP contribution in [0.5, 0.6) is 0 Å². The lowest BCUT2D eigenvalue weighted by atomic mass is 9.69. The number of thiazole rings is 1. The highest BCUT2D eigenvalue weighted by atomic mass is 79.9. The minimum absolute atomic E-state index is 0.700. The number of hydrogen-bond donors (Lipinski definition) is 1. The van der Waals surface area contributed by atoms with Crippen LogP contribution in [0.25, 0.3) is 11.3 Å². The van der Waals surface area contributed by atoms with Crippen LogP contribution < -0.4 is 0 Å². The maximum atomic E-state index is 11.5. The number of benzene rings is 1. The van der Waals surface area contributed by atoms with Crippen molar-refractivity contribution in [1.82, 2.24) is 4.98 Å². The Morgan fingerprint density at radius 3 is 2.68 bits per heavy atom. The fraction of sp³-hybridized carbons (Fsp3) is 0.286. The van der Waals surface area contributed by atoms with Crippen LogP contribution in [0.1, 0.15) is 24.3 Å². The van der Waals surface area contributed by atoms with E-state index in [0.717, 1.165) is 27.2 Å². The zero-order valence-corrected chi connectivity index (χ0v) is 12.5. The Morgan fingerprint density at radius 1 is 1.37 bits per heavy atom. The van der Waals surface area contributed by atoms with Crippen LogP contribution >= 0.6 is 27.3 Å². The number of carboxylic acid groups (broad SMARTS) is 1. The van der Waals surface area contributed by atoms with E-state index in [1.165, 1.54) is 11.3 Å². The summed E-state index contributed by atoms with van der Waals surface area (Å²) in [7, 11) is 0. The molecule has 0 saturated heterocycles. The smallest absolute Gasteiger partial charge is 0.316 e. The molecule has 3 nitrogen and oxygen atoms in total. The van der Waals surface area contributed by atoms with Crippen LogP contribution in [-0.2, 0) is 10.2 Å². The Kier molecular flexibility index (Phi) is 3.19. The largest absolute Gasteiger partial charge is 0.481 e. The second-order valence-electron chi connectivity index (χ2n) is 4.76. The molecule has 5 heteroatoms. The fourth-order valence-electron chi connectivity index (χ4n) is 2.34. The molecule has 0 spiro atoms. The van der Waals surface area contributed by atoms with Crippen molar-refractivity contribution in [2.45, 2.75) is 24.7 Å². The lowest BCUT2D eigenvalue weighted by Crippen LogP contribution is -2.42. The van der Waals surface area contributed by atoms with Gasteiger partial charge in [-0.3, -0.25) is 4.79 Å². The van der Waals surface area contributed by atoms with E-state index >= 15 is 0 Å². The van der Waals surface area contributed by atoms with Gasteiger partial charge in [-0.25, -0.2) is 4.98 Å². The summed E-state index contributed by atoms with van der Waals surface area (Å²) in [5.41, 5.74) is 1.12. The molecule has 1 N–H and O–H groups in total. The summed E-state index contributed by atoms with van der Waals surface area (Å²) < 4.78 is 0.977. The highest BCUT2D eigenvalue weighted by molar-refractivity contribution is 9.10. The lowest BCUT2D eigenvalue weighted by molar-refractivity contribution is -0.147. The van der Waals surface area contributed by atoms with Gasteiger partial charge in [0, 0.05) is 15.4 Å². The van der Waals surface area contributed by atoms with Gasteiger partial charge in [-0.1, -0.05) is 40.5 Å². The summed E-state index contributed by atoms with van der Waals surface area (Å²) in [6.45, 7) is 0. The van der Waals surface area contributed by atoms with Crippen molar-refractivity contribution in [3.05, 3.63) is 39.1 Å². The molecule has 0 aliphatic heterocycles.